The summed E-state index contributed by atoms with van der Waals surface area (Å²) in [6, 6.07) is 14.2. The first kappa shape index (κ1) is 18.8. The Morgan fingerprint density at radius 3 is 2.00 bits per heavy atom. The third-order valence-electron chi connectivity index (χ3n) is 3.13. The fraction of sp³-hybridized carbons (Fsp3) is 0.250. The summed E-state index contributed by atoms with van der Waals surface area (Å²) < 4.78 is 0. The number of halogens is 2. The van der Waals surface area contributed by atoms with E-state index in [0.29, 0.717) is 5.75 Å². The zero-order valence-corrected chi connectivity index (χ0v) is 16.8. The second-order valence-corrected chi connectivity index (χ2v) is 13.5. The van der Waals surface area contributed by atoms with Gasteiger partial charge in [0, 0.05) is 5.56 Å². The quantitative estimate of drug-likeness (QED) is 0.708. The molecule has 1 nitrogen and oxygen atoms in total. The molecule has 0 aliphatic carbocycles. The number of aromatic hydroxyl groups is 1. The first-order valence-corrected chi connectivity index (χ1v) is 14.5. The summed E-state index contributed by atoms with van der Waals surface area (Å²) in [7, 11) is 8.29. The van der Waals surface area contributed by atoms with Crippen LogP contribution in [-0.2, 0) is 17.0 Å². The van der Waals surface area contributed by atoms with Crippen LogP contribution in [0.25, 0.3) is 11.1 Å². The van der Waals surface area contributed by atoms with Crippen molar-refractivity contribution in [3.8, 4) is 16.9 Å². The van der Waals surface area contributed by atoms with Gasteiger partial charge in [0.05, 0.1) is 8.07 Å². The Labute approximate surface area is 145 Å². The van der Waals surface area contributed by atoms with Gasteiger partial charge in [0.15, 0.2) is 0 Å². The molecule has 0 saturated carbocycles. The number of benzene rings is 2. The van der Waals surface area contributed by atoms with Gasteiger partial charge in [0.25, 0.3) is 0 Å². The van der Waals surface area contributed by atoms with Crippen LogP contribution in [0.15, 0.2) is 42.5 Å². The van der Waals surface area contributed by atoms with Gasteiger partial charge >= 0.3 is 35.6 Å². The molecule has 0 bridgehead atoms. The molecule has 21 heavy (non-hydrogen) atoms. The number of phenols is 1. The third kappa shape index (κ3) is 5.46. The predicted molar refractivity (Wildman–Crippen MR) is 93.0 cm³/mol. The molecule has 0 fully saturated rings. The van der Waals surface area contributed by atoms with Gasteiger partial charge in [-0.15, -0.1) is 0 Å². The molecule has 2 aromatic carbocycles. The van der Waals surface area contributed by atoms with Gasteiger partial charge in [-0.1, -0.05) is 56.0 Å². The second kappa shape index (κ2) is 8.40. The van der Waals surface area contributed by atoms with Gasteiger partial charge in [-0.3, -0.25) is 0 Å². The molecule has 1 N–H and O–H groups in total. The van der Waals surface area contributed by atoms with E-state index in [9.17, 15) is 5.11 Å². The van der Waals surface area contributed by atoms with Crippen LogP contribution in [0.3, 0.4) is 0 Å². The fourth-order valence-corrected chi connectivity index (χ4v) is 3.95. The van der Waals surface area contributed by atoms with Gasteiger partial charge in [-0.05, 0) is 29.3 Å². The Morgan fingerprint density at radius 1 is 1.00 bits per heavy atom. The molecule has 5 heteroatoms. The van der Waals surface area contributed by atoms with Crippen LogP contribution >= 0.6 is 18.6 Å². The van der Waals surface area contributed by atoms with Crippen molar-refractivity contribution in [1.29, 1.82) is 0 Å². The van der Waals surface area contributed by atoms with E-state index in [0.717, 1.165) is 16.7 Å². The molecule has 0 heterocycles. The molecule has 0 radical (unpaired) electrons. The standard InChI is InChI=1S/C16H20OSi.2ClH.Ti/c1-12-10-14(17)16(13-8-6-5-7-9-13)15(11-12)18(2,3)4;;;/h5-11,17H,1-4H3;2*1H;/q;;;+2/p-2. The number of hydrogen-bond donors (Lipinski definition) is 1. The zero-order chi connectivity index (χ0) is 16.0. The number of aryl methyl sites for hydroxylation is 1. The van der Waals surface area contributed by atoms with Crippen LogP contribution in [0, 0.1) is 6.92 Å². The first-order valence-electron chi connectivity index (χ1n) is 6.67. The second-order valence-electron chi connectivity index (χ2n) is 5.89. The van der Waals surface area contributed by atoms with E-state index >= 15 is 0 Å². The van der Waals surface area contributed by atoms with Gasteiger partial charge in [0.1, 0.15) is 5.75 Å². The molecule has 2 aromatic rings. The molecule has 2 rings (SSSR count). The molecule has 0 unspecified atom stereocenters. The van der Waals surface area contributed by atoms with Crippen LogP contribution in [-0.4, -0.2) is 13.2 Å². The van der Waals surface area contributed by atoms with Crippen molar-refractivity contribution < 1.29 is 22.1 Å². The zero-order valence-electron chi connectivity index (χ0n) is 12.7. The SMILES string of the molecule is Cc1cc(O)c(-c2ccccc2)c([Si](C)(C)C)c1.[Cl][Ti][Cl]. The van der Waals surface area contributed by atoms with E-state index in [1.807, 2.05) is 31.2 Å². The summed E-state index contributed by atoms with van der Waals surface area (Å²) in [6.07, 6.45) is 0. The van der Waals surface area contributed by atoms with E-state index in [-0.39, 0.29) is 0 Å². The van der Waals surface area contributed by atoms with Crippen molar-refractivity contribution in [1.82, 2.24) is 0 Å². The van der Waals surface area contributed by atoms with Crippen LogP contribution in [0.4, 0.5) is 0 Å². The van der Waals surface area contributed by atoms with E-state index in [1.165, 1.54) is 5.19 Å². The van der Waals surface area contributed by atoms with Crippen molar-refractivity contribution >= 4 is 31.9 Å². The van der Waals surface area contributed by atoms with Crippen LogP contribution in [0.5, 0.6) is 5.75 Å². The molecule has 0 amide bonds. The minimum absolute atomic E-state index is 0.402. The maximum absolute atomic E-state index is 10.3. The molecule has 0 atom stereocenters. The normalized spacial score (nSPS) is 10.6. The Kier molecular flexibility index (Phi) is 7.52. The summed E-state index contributed by atoms with van der Waals surface area (Å²) in [4.78, 5) is 0. The van der Waals surface area contributed by atoms with Crippen LogP contribution < -0.4 is 5.19 Å². The Bertz CT molecular complexity index is 583. The van der Waals surface area contributed by atoms with E-state index in [2.05, 4.69) is 37.8 Å². The molecule has 0 saturated heterocycles. The predicted octanol–water partition coefficient (Wildman–Crippen LogP) is 5.29. The van der Waals surface area contributed by atoms with Gasteiger partial charge < -0.3 is 5.11 Å². The van der Waals surface area contributed by atoms with Gasteiger partial charge in [-0.25, -0.2) is 0 Å². The van der Waals surface area contributed by atoms with E-state index in [4.69, 9.17) is 18.6 Å². The average Bonchev–Trinajstić information content (AvgIpc) is 2.38. The first-order chi connectivity index (χ1) is 9.81. The minimum atomic E-state index is -1.48. The van der Waals surface area contributed by atoms with Gasteiger partial charge in [0.2, 0.25) is 0 Å². The van der Waals surface area contributed by atoms with Crippen molar-refractivity contribution in [2.45, 2.75) is 26.6 Å². The molecular weight excluding hydrogens is 355 g/mol. The van der Waals surface area contributed by atoms with Crippen molar-refractivity contribution in [2.75, 3.05) is 0 Å². The Balaban J connectivity index is 0.000000677. The summed E-state index contributed by atoms with van der Waals surface area (Å²) in [5.41, 5.74) is 3.25. The number of phenolic OH excluding ortho intramolecular Hbond substituents is 1. The monoisotopic (exact) mass is 374 g/mol. The Morgan fingerprint density at radius 2 is 1.52 bits per heavy atom. The molecular formula is C16H20Cl2OSiTi. The number of hydrogen-bond acceptors (Lipinski definition) is 1. The van der Waals surface area contributed by atoms with Crippen molar-refractivity contribution in [3.63, 3.8) is 0 Å². The van der Waals surface area contributed by atoms with Crippen molar-refractivity contribution in [2.24, 2.45) is 0 Å². The molecule has 0 aromatic heterocycles. The van der Waals surface area contributed by atoms with E-state index < -0.39 is 25.1 Å². The van der Waals surface area contributed by atoms with Crippen LogP contribution in [0.1, 0.15) is 5.56 Å². The summed E-state index contributed by atoms with van der Waals surface area (Å²) in [6.45, 7) is 8.98. The Hall–Kier alpha value is -0.249. The summed E-state index contributed by atoms with van der Waals surface area (Å²) in [5.74, 6) is 0.402. The maximum atomic E-state index is 10.3. The van der Waals surface area contributed by atoms with Gasteiger partial charge in [-0.2, -0.15) is 0 Å². The van der Waals surface area contributed by atoms with Crippen molar-refractivity contribution in [3.05, 3.63) is 48.0 Å². The number of rotatable bonds is 2. The summed E-state index contributed by atoms with van der Waals surface area (Å²) >= 11 is -0.556. The summed E-state index contributed by atoms with van der Waals surface area (Å²) in [5, 5.41) is 11.6. The van der Waals surface area contributed by atoms with E-state index in [1.54, 1.807) is 0 Å². The molecule has 112 valence electrons. The van der Waals surface area contributed by atoms with Crippen LogP contribution in [0.2, 0.25) is 19.6 Å². The average molecular weight is 375 g/mol. The fourth-order valence-electron chi connectivity index (χ4n) is 2.27. The topological polar surface area (TPSA) is 20.2 Å². The molecule has 0 aliphatic rings. The molecule has 0 spiro atoms. The molecule has 0 aliphatic heterocycles. The third-order valence-corrected chi connectivity index (χ3v) is 5.14.